The summed E-state index contributed by atoms with van der Waals surface area (Å²) < 4.78 is 0. The van der Waals surface area contributed by atoms with Gasteiger partial charge in [0.2, 0.25) is 17.7 Å². The van der Waals surface area contributed by atoms with E-state index in [4.69, 9.17) is 5.73 Å². The molecule has 0 aromatic carbocycles. The molecule has 0 spiro atoms. The van der Waals surface area contributed by atoms with Crippen LogP contribution in [0.25, 0.3) is 0 Å². The van der Waals surface area contributed by atoms with Gasteiger partial charge in [0.1, 0.15) is 0 Å². The second kappa shape index (κ2) is 13.1. The molecule has 2 aliphatic rings. The molecular formula is C17H33Cl2N5O3. The molecule has 158 valence electrons. The van der Waals surface area contributed by atoms with Gasteiger partial charge >= 0.3 is 0 Å². The normalized spacial score (nSPS) is 22.8. The van der Waals surface area contributed by atoms with Gasteiger partial charge in [0.25, 0.3) is 0 Å². The largest absolute Gasteiger partial charge is 0.352 e. The van der Waals surface area contributed by atoms with E-state index in [2.05, 4.69) is 22.5 Å². The first-order chi connectivity index (χ1) is 12.0. The molecule has 27 heavy (non-hydrogen) atoms. The monoisotopic (exact) mass is 425 g/mol. The molecule has 0 aromatic rings. The number of nitrogens with one attached hydrogen (secondary N) is 2. The zero-order valence-electron chi connectivity index (χ0n) is 15.9. The van der Waals surface area contributed by atoms with E-state index >= 15 is 0 Å². The van der Waals surface area contributed by atoms with Gasteiger partial charge in [-0.2, -0.15) is 0 Å². The number of hydrogen-bond donors (Lipinski definition) is 3. The molecule has 2 atom stereocenters. The van der Waals surface area contributed by atoms with Crippen molar-refractivity contribution in [2.45, 2.75) is 38.6 Å². The van der Waals surface area contributed by atoms with Crippen LogP contribution in [-0.2, 0) is 14.4 Å². The molecule has 8 nitrogen and oxygen atoms in total. The summed E-state index contributed by atoms with van der Waals surface area (Å²) in [4.78, 5) is 39.1. The number of rotatable bonds is 6. The smallest absolute Gasteiger partial charge is 0.242 e. The quantitative estimate of drug-likeness (QED) is 0.543. The number of halogens is 2. The highest BCUT2D eigenvalue weighted by atomic mass is 35.5. The summed E-state index contributed by atoms with van der Waals surface area (Å²) in [5.41, 5.74) is 5.19. The lowest BCUT2D eigenvalue weighted by Crippen LogP contribution is -2.53. The van der Waals surface area contributed by atoms with Gasteiger partial charge in [0, 0.05) is 32.2 Å². The Labute approximate surface area is 173 Å². The van der Waals surface area contributed by atoms with Crippen LogP contribution in [0.5, 0.6) is 0 Å². The first-order valence-electron chi connectivity index (χ1n) is 9.24. The molecule has 1 aliphatic carbocycles. The van der Waals surface area contributed by atoms with Crippen LogP contribution in [0.2, 0.25) is 0 Å². The Morgan fingerprint density at radius 1 is 1.04 bits per heavy atom. The summed E-state index contributed by atoms with van der Waals surface area (Å²) in [6.45, 7) is 4.99. The number of piperazine rings is 1. The molecule has 1 saturated heterocycles. The van der Waals surface area contributed by atoms with E-state index in [0.29, 0.717) is 44.7 Å². The number of nitrogens with zero attached hydrogens (tertiary/aromatic N) is 2. The van der Waals surface area contributed by atoms with Crippen LogP contribution in [0.15, 0.2) is 0 Å². The average Bonchev–Trinajstić information content (AvgIpc) is 2.59. The molecule has 3 amide bonds. The van der Waals surface area contributed by atoms with Crippen LogP contribution in [0.3, 0.4) is 0 Å². The van der Waals surface area contributed by atoms with Gasteiger partial charge in [-0.15, -0.1) is 24.8 Å². The van der Waals surface area contributed by atoms with Crippen molar-refractivity contribution in [3.8, 4) is 0 Å². The third kappa shape index (κ3) is 9.10. The van der Waals surface area contributed by atoms with Crippen LogP contribution >= 0.6 is 24.8 Å². The minimum atomic E-state index is -0.333. The highest BCUT2D eigenvalue weighted by molar-refractivity contribution is 5.86. The second-order valence-corrected chi connectivity index (χ2v) is 7.17. The Kier molecular flexibility index (Phi) is 12.6. The zero-order valence-corrected chi connectivity index (χ0v) is 17.6. The minimum absolute atomic E-state index is 0. The fourth-order valence-corrected chi connectivity index (χ4v) is 3.56. The van der Waals surface area contributed by atoms with Gasteiger partial charge < -0.3 is 21.3 Å². The van der Waals surface area contributed by atoms with Gasteiger partial charge in [-0.05, 0) is 18.8 Å². The Hall–Kier alpha value is -1.09. The lowest BCUT2D eigenvalue weighted by atomic mass is 9.87. The van der Waals surface area contributed by atoms with Gasteiger partial charge in [-0.25, -0.2) is 0 Å². The molecule has 2 fully saturated rings. The Morgan fingerprint density at radius 3 is 2.30 bits per heavy atom. The standard InChI is InChI=1S/C17H31N5O3.2ClH/c1-13-3-2-4-14(9-13)20-16(24)12-21-5-7-22(8-6-21)17(25)11-19-15(23)10-18;;/h13-14H,2-12,18H2,1H3,(H,19,23)(H,20,24);2*1H. The maximum atomic E-state index is 12.2. The van der Waals surface area contributed by atoms with Crippen LogP contribution < -0.4 is 16.4 Å². The summed E-state index contributed by atoms with van der Waals surface area (Å²) in [5.74, 6) is 0.324. The molecular weight excluding hydrogens is 393 g/mol. The van der Waals surface area contributed by atoms with Crippen molar-refractivity contribution in [1.29, 1.82) is 0 Å². The first kappa shape index (κ1) is 25.9. The summed E-state index contributed by atoms with van der Waals surface area (Å²) in [7, 11) is 0. The molecule has 0 radical (unpaired) electrons. The lowest BCUT2D eigenvalue weighted by molar-refractivity contribution is -0.134. The molecule has 0 bridgehead atoms. The first-order valence-corrected chi connectivity index (χ1v) is 9.24. The van der Waals surface area contributed by atoms with Crippen molar-refractivity contribution in [3.05, 3.63) is 0 Å². The average molecular weight is 426 g/mol. The van der Waals surface area contributed by atoms with Crippen molar-refractivity contribution < 1.29 is 14.4 Å². The predicted octanol–water partition coefficient (Wildman–Crippen LogP) is -0.256. The fourth-order valence-electron chi connectivity index (χ4n) is 3.56. The number of carbonyl (C=O) groups excluding carboxylic acids is 3. The summed E-state index contributed by atoms with van der Waals surface area (Å²) in [6, 6.07) is 0.310. The number of carbonyl (C=O) groups is 3. The highest BCUT2D eigenvalue weighted by Crippen LogP contribution is 2.23. The molecule has 10 heteroatoms. The van der Waals surface area contributed by atoms with Gasteiger partial charge in [-0.1, -0.05) is 19.8 Å². The molecule has 0 aromatic heterocycles. The summed E-state index contributed by atoms with van der Waals surface area (Å²) in [5, 5.41) is 5.64. The maximum Gasteiger partial charge on any atom is 0.242 e. The Bertz CT molecular complexity index is 487. The van der Waals surface area contributed by atoms with Crippen molar-refractivity contribution >= 4 is 42.5 Å². The highest BCUT2D eigenvalue weighted by Gasteiger charge is 2.24. The number of hydrogen-bond acceptors (Lipinski definition) is 5. The Balaban J connectivity index is 0.00000338. The zero-order chi connectivity index (χ0) is 18.2. The third-order valence-electron chi connectivity index (χ3n) is 5.02. The summed E-state index contributed by atoms with van der Waals surface area (Å²) in [6.07, 6.45) is 4.59. The fraction of sp³-hybridized carbons (Fsp3) is 0.824. The summed E-state index contributed by atoms with van der Waals surface area (Å²) >= 11 is 0. The number of nitrogens with two attached hydrogens (primary N) is 1. The van der Waals surface area contributed by atoms with Gasteiger partial charge in [0.05, 0.1) is 19.6 Å². The van der Waals surface area contributed by atoms with E-state index in [0.717, 1.165) is 12.8 Å². The molecule has 1 heterocycles. The maximum absolute atomic E-state index is 12.2. The van der Waals surface area contributed by atoms with E-state index in [1.807, 2.05) is 0 Å². The van der Waals surface area contributed by atoms with Gasteiger partial charge in [0.15, 0.2) is 0 Å². The molecule has 2 unspecified atom stereocenters. The molecule has 4 N–H and O–H groups in total. The number of amides is 3. The van der Waals surface area contributed by atoms with Gasteiger partial charge in [-0.3, -0.25) is 19.3 Å². The van der Waals surface area contributed by atoms with E-state index in [9.17, 15) is 14.4 Å². The van der Waals surface area contributed by atoms with E-state index in [-0.39, 0.29) is 55.6 Å². The molecule has 1 aliphatic heterocycles. The van der Waals surface area contributed by atoms with Crippen LogP contribution in [0.4, 0.5) is 0 Å². The SMILES string of the molecule is CC1CCCC(NC(=O)CN2CCN(C(=O)CNC(=O)CN)CC2)C1.Cl.Cl. The molecule has 1 saturated carbocycles. The van der Waals surface area contributed by atoms with Crippen LogP contribution in [0, 0.1) is 5.92 Å². The van der Waals surface area contributed by atoms with E-state index in [1.165, 1.54) is 12.8 Å². The van der Waals surface area contributed by atoms with E-state index < -0.39 is 0 Å². The van der Waals surface area contributed by atoms with Crippen LogP contribution in [0.1, 0.15) is 32.6 Å². The lowest BCUT2D eigenvalue weighted by Gasteiger charge is -2.35. The second-order valence-electron chi connectivity index (χ2n) is 7.17. The van der Waals surface area contributed by atoms with Crippen molar-refractivity contribution in [3.63, 3.8) is 0 Å². The predicted molar refractivity (Wildman–Crippen MR) is 109 cm³/mol. The minimum Gasteiger partial charge on any atom is -0.352 e. The Morgan fingerprint density at radius 2 is 1.70 bits per heavy atom. The van der Waals surface area contributed by atoms with Crippen LogP contribution in [-0.4, -0.2) is 79.4 Å². The topological polar surface area (TPSA) is 108 Å². The molecule has 2 rings (SSSR count). The van der Waals surface area contributed by atoms with Crippen molar-refractivity contribution in [1.82, 2.24) is 20.4 Å². The van der Waals surface area contributed by atoms with E-state index in [1.54, 1.807) is 4.90 Å². The van der Waals surface area contributed by atoms with Crippen molar-refractivity contribution in [2.75, 3.05) is 45.8 Å². The van der Waals surface area contributed by atoms with Crippen molar-refractivity contribution in [2.24, 2.45) is 11.7 Å². The third-order valence-corrected chi connectivity index (χ3v) is 5.02.